The summed E-state index contributed by atoms with van der Waals surface area (Å²) in [6.45, 7) is 0.575. The molecule has 2 N–H and O–H groups in total. The number of halogens is 1. The molecular formula is C13H11ClN2. The van der Waals surface area contributed by atoms with E-state index in [1.165, 1.54) is 0 Å². The van der Waals surface area contributed by atoms with E-state index in [-0.39, 0.29) is 0 Å². The molecular weight excluding hydrogens is 220 g/mol. The second kappa shape index (κ2) is 4.98. The summed E-state index contributed by atoms with van der Waals surface area (Å²) in [7, 11) is 0. The molecule has 0 amide bonds. The van der Waals surface area contributed by atoms with Crippen LogP contribution < -0.4 is 5.73 Å². The molecule has 0 aliphatic carbocycles. The Bertz CT molecular complexity index is 567. The first-order valence-electron chi connectivity index (χ1n) is 5.05. The smallest absolute Gasteiger partial charge is 0.136 e. The summed E-state index contributed by atoms with van der Waals surface area (Å²) >= 11 is 6.01. The summed E-state index contributed by atoms with van der Waals surface area (Å²) in [5.74, 6) is 6.07. The van der Waals surface area contributed by atoms with Crippen LogP contribution in [0.1, 0.15) is 12.0 Å². The second-order valence-corrected chi connectivity index (χ2v) is 3.71. The van der Waals surface area contributed by atoms with Gasteiger partial charge in [0.15, 0.2) is 0 Å². The van der Waals surface area contributed by atoms with E-state index in [1.54, 1.807) is 6.20 Å². The number of hydrogen-bond acceptors (Lipinski definition) is 2. The van der Waals surface area contributed by atoms with Crippen molar-refractivity contribution in [3.63, 3.8) is 0 Å². The molecule has 0 atom stereocenters. The molecule has 2 aromatic rings. The van der Waals surface area contributed by atoms with Gasteiger partial charge in [-0.05, 0) is 0 Å². The first kappa shape index (κ1) is 10.9. The number of aromatic nitrogens is 1. The van der Waals surface area contributed by atoms with Crippen molar-refractivity contribution < 1.29 is 0 Å². The number of nitrogens with zero attached hydrogens (tertiary/aromatic N) is 1. The maximum atomic E-state index is 6.01. The van der Waals surface area contributed by atoms with Crippen molar-refractivity contribution in [1.82, 2.24) is 4.98 Å². The third kappa shape index (κ3) is 2.16. The Morgan fingerprint density at radius 2 is 2.00 bits per heavy atom. The standard InChI is InChI=1S/C13H11ClN2/c14-13-12-7-2-1-6-11(12)10(9-16-13)5-3-4-8-15/h1-2,6-7,9H,4,8,15H2. The van der Waals surface area contributed by atoms with Crippen LogP contribution in [-0.2, 0) is 0 Å². The van der Waals surface area contributed by atoms with Gasteiger partial charge in [0, 0.05) is 29.9 Å². The van der Waals surface area contributed by atoms with Crippen LogP contribution in [0.3, 0.4) is 0 Å². The van der Waals surface area contributed by atoms with Gasteiger partial charge < -0.3 is 5.73 Å². The van der Waals surface area contributed by atoms with Crippen LogP contribution in [0, 0.1) is 11.8 Å². The van der Waals surface area contributed by atoms with Crippen molar-refractivity contribution in [1.29, 1.82) is 0 Å². The van der Waals surface area contributed by atoms with Crippen molar-refractivity contribution in [2.45, 2.75) is 6.42 Å². The highest BCUT2D eigenvalue weighted by Crippen LogP contribution is 2.23. The minimum Gasteiger partial charge on any atom is -0.330 e. The third-order valence-corrected chi connectivity index (χ3v) is 2.54. The van der Waals surface area contributed by atoms with E-state index in [1.807, 2.05) is 24.3 Å². The highest BCUT2D eigenvalue weighted by Gasteiger charge is 2.02. The van der Waals surface area contributed by atoms with Gasteiger partial charge in [-0.2, -0.15) is 0 Å². The normalized spacial score (nSPS) is 9.88. The first-order valence-corrected chi connectivity index (χ1v) is 5.43. The van der Waals surface area contributed by atoms with Gasteiger partial charge in [0.25, 0.3) is 0 Å². The molecule has 0 saturated carbocycles. The van der Waals surface area contributed by atoms with Crippen LogP contribution in [0.4, 0.5) is 0 Å². The molecule has 80 valence electrons. The predicted octanol–water partition coefficient (Wildman–Crippen LogP) is 2.59. The highest BCUT2D eigenvalue weighted by atomic mass is 35.5. The van der Waals surface area contributed by atoms with Crippen LogP contribution in [-0.4, -0.2) is 11.5 Å². The van der Waals surface area contributed by atoms with Gasteiger partial charge in [0.2, 0.25) is 0 Å². The monoisotopic (exact) mass is 230 g/mol. The minimum absolute atomic E-state index is 0.514. The predicted molar refractivity (Wildman–Crippen MR) is 67.3 cm³/mol. The molecule has 2 nitrogen and oxygen atoms in total. The van der Waals surface area contributed by atoms with Gasteiger partial charge in [0.05, 0.1) is 5.56 Å². The Morgan fingerprint density at radius 3 is 2.75 bits per heavy atom. The van der Waals surface area contributed by atoms with E-state index in [0.29, 0.717) is 18.1 Å². The summed E-state index contributed by atoms with van der Waals surface area (Å²) in [5.41, 5.74) is 6.29. The SMILES string of the molecule is NCCC#Cc1cnc(Cl)c2ccccc12. The molecule has 0 aliphatic heterocycles. The summed E-state index contributed by atoms with van der Waals surface area (Å²) in [6, 6.07) is 7.84. The Labute approximate surface area is 99.4 Å². The van der Waals surface area contributed by atoms with E-state index >= 15 is 0 Å². The Kier molecular flexibility index (Phi) is 3.40. The lowest BCUT2D eigenvalue weighted by Crippen LogP contribution is -1.95. The number of benzene rings is 1. The molecule has 0 saturated heterocycles. The molecule has 2 rings (SSSR count). The molecule has 1 heterocycles. The van der Waals surface area contributed by atoms with Gasteiger partial charge in [0.1, 0.15) is 5.15 Å². The van der Waals surface area contributed by atoms with Crippen LogP contribution in [0.25, 0.3) is 10.8 Å². The summed E-state index contributed by atoms with van der Waals surface area (Å²) in [4.78, 5) is 4.12. The largest absolute Gasteiger partial charge is 0.330 e. The molecule has 1 aromatic carbocycles. The Balaban J connectivity index is 2.56. The first-order chi connectivity index (χ1) is 7.83. The van der Waals surface area contributed by atoms with Crippen LogP contribution in [0.15, 0.2) is 30.5 Å². The molecule has 3 heteroatoms. The van der Waals surface area contributed by atoms with Gasteiger partial charge >= 0.3 is 0 Å². The maximum absolute atomic E-state index is 6.01. The van der Waals surface area contributed by atoms with Gasteiger partial charge in [-0.3, -0.25) is 0 Å². The lowest BCUT2D eigenvalue weighted by atomic mass is 10.1. The molecule has 0 aliphatic rings. The summed E-state index contributed by atoms with van der Waals surface area (Å²) in [6.07, 6.45) is 2.39. The topological polar surface area (TPSA) is 38.9 Å². The second-order valence-electron chi connectivity index (χ2n) is 3.35. The lowest BCUT2D eigenvalue weighted by Gasteiger charge is -2.01. The molecule has 0 bridgehead atoms. The van der Waals surface area contributed by atoms with Crippen molar-refractivity contribution >= 4 is 22.4 Å². The third-order valence-electron chi connectivity index (χ3n) is 2.24. The van der Waals surface area contributed by atoms with Crippen molar-refractivity contribution in [3.8, 4) is 11.8 Å². The van der Waals surface area contributed by atoms with E-state index in [2.05, 4.69) is 16.8 Å². The highest BCUT2D eigenvalue weighted by molar-refractivity contribution is 6.34. The maximum Gasteiger partial charge on any atom is 0.136 e. The zero-order valence-corrected chi connectivity index (χ0v) is 9.46. The van der Waals surface area contributed by atoms with Crippen LogP contribution >= 0.6 is 11.6 Å². The number of hydrogen-bond donors (Lipinski definition) is 1. The van der Waals surface area contributed by atoms with E-state index in [0.717, 1.165) is 16.3 Å². The molecule has 0 fully saturated rings. The average molecular weight is 231 g/mol. The summed E-state index contributed by atoms with van der Waals surface area (Å²) in [5, 5.41) is 2.48. The molecule has 0 radical (unpaired) electrons. The van der Waals surface area contributed by atoms with Gasteiger partial charge in [-0.1, -0.05) is 47.7 Å². The molecule has 0 spiro atoms. The number of fused-ring (bicyclic) bond motifs is 1. The zero-order valence-electron chi connectivity index (χ0n) is 8.70. The quantitative estimate of drug-likeness (QED) is 0.604. The molecule has 0 unspecified atom stereocenters. The van der Waals surface area contributed by atoms with Crippen molar-refractivity contribution in [3.05, 3.63) is 41.2 Å². The Morgan fingerprint density at radius 1 is 1.25 bits per heavy atom. The number of rotatable bonds is 1. The van der Waals surface area contributed by atoms with Gasteiger partial charge in [-0.25, -0.2) is 4.98 Å². The lowest BCUT2D eigenvalue weighted by molar-refractivity contribution is 1.03. The minimum atomic E-state index is 0.514. The molecule has 16 heavy (non-hydrogen) atoms. The van der Waals surface area contributed by atoms with E-state index in [9.17, 15) is 0 Å². The molecule has 1 aromatic heterocycles. The average Bonchev–Trinajstić information content (AvgIpc) is 2.33. The number of nitrogens with two attached hydrogens (primary N) is 1. The van der Waals surface area contributed by atoms with Crippen molar-refractivity contribution in [2.24, 2.45) is 5.73 Å². The Hall–Kier alpha value is -1.56. The fraction of sp³-hybridized carbons (Fsp3) is 0.154. The van der Waals surface area contributed by atoms with Crippen LogP contribution in [0.5, 0.6) is 0 Å². The number of pyridine rings is 1. The fourth-order valence-electron chi connectivity index (χ4n) is 1.49. The van der Waals surface area contributed by atoms with E-state index in [4.69, 9.17) is 17.3 Å². The van der Waals surface area contributed by atoms with Crippen molar-refractivity contribution in [2.75, 3.05) is 6.54 Å². The zero-order chi connectivity index (χ0) is 11.4. The van der Waals surface area contributed by atoms with Crippen LogP contribution in [0.2, 0.25) is 5.15 Å². The summed E-state index contributed by atoms with van der Waals surface area (Å²) < 4.78 is 0. The fourth-order valence-corrected chi connectivity index (χ4v) is 1.70. The van der Waals surface area contributed by atoms with Gasteiger partial charge in [-0.15, -0.1) is 0 Å². The van der Waals surface area contributed by atoms with E-state index < -0.39 is 0 Å².